The molecule has 0 aliphatic heterocycles. The molecule has 0 bridgehead atoms. The Balaban J connectivity index is 2.45. The summed E-state index contributed by atoms with van der Waals surface area (Å²) in [5.74, 6) is -0.417. The second kappa shape index (κ2) is 7.87. The molecule has 5 nitrogen and oxygen atoms in total. The van der Waals surface area contributed by atoms with Gasteiger partial charge < -0.3 is 10.1 Å². The number of sulfone groups is 1. The quantitative estimate of drug-likeness (QED) is 0.751. The first-order chi connectivity index (χ1) is 11.0. The molecule has 136 valence electrons. The van der Waals surface area contributed by atoms with Crippen molar-refractivity contribution in [3.8, 4) is 5.75 Å². The number of carbonyl (C=O) groups excluding carboxylic acids is 1. The van der Waals surface area contributed by atoms with Crippen molar-refractivity contribution in [3.63, 3.8) is 0 Å². The van der Waals surface area contributed by atoms with Crippen LogP contribution in [-0.4, -0.2) is 38.0 Å². The zero-order valence-electron chi connectivity index (χ0n) is 13.6. The van der Waals surface area contributed by atoms with E-state index in [1.807, 2.05) is 0 Å². The number of halogens is 3. The van der Waals surface area contributed by atoms with E-state index in [9.17, 15) is 26.4 Å². The smallest absolute Gasteiger partial charge is 0.416 e. The minimum Gasteiger partial charge on any atom is -0.492 e. The van der Waals surface area contributed by atoms with Gasteiger partial charge in [0.2, 0.25) is 5.91 Å². The lowest BCUT2D eigenvalue weighted by molar-refractivity contribution is -0.137. The van der Waals surface area contributed by atoms with Gasteiger partial charge in [0.1, 0.15) is 17.6 Å². The van der Waals surface area contributed by atoms with E-state index >= 15 is 0 Å². The summed E-state index contributed by atoms with van der Waals surface area (Å²) < 4.78 is 66.1. The molecule has 0 spiro atoms. The fourth-order valence-electron chi connectivity index (χ4n) is 1.78. The largest absolute Gasteiger partial charge is 0.492 e. The van der Waals surface area contributed by atoms with Crippen molar-refractivity contribution in [1.29, 1.82) is 0 Å². The van der Waals surface area contributed by atoms with Crippen LogP contribution in [-0.2, 0) is 20.8 Å². The molecule has 0 radical (unpaired) electrons. The highest BCUT2D eigenvalue weighted by atomic mass is 32.2. The second-order valence-corrected chi connectivity index (χ2v) is 8.27. The summed E-state index contributed by atoms with van der Waals surface area (Å²) in [4.78, 5) is 11.8. The predicted octanol–water partition coefficient (Wildman–Crippen LogP) is 2.41. The van der Waals surface area contributed by atoms with Crippen LogP contribution in [0.15, 0.2) is 24.3 Å². The summed E-state index contributed by atoms with van der Waals surface area (Å²) in [5, 5.41) is 0.584. The molecular weight excluding hydrogens is 347 g/mol. The van der Waals surface area contributed by atoms with Crippen LogP contribution < -0.4 is 10.1 Å². The highest BCUT2D eigenvalue weighted by Crippen LogP contribution is 2.30. The summed E-state index contributed by atoms with van der Waals surface area (Å²) in [6, 6.07) is 4.14. The predicted molar refractivity (Wildman–Crippen MR) is 83.5 cm³/mol. The van der Waals surface area contributed by atoms with Crippen LogP contribution in [0.2, 0.25) is 0 Å². The van der Waals surface area contributed by atoms with Crippen LogP contribution in [0.4, 0.5) is 13.2 Å². The molecule has 0 aromatic heterocycles. The lowest BCUT2D eigenvalue weighted by Crippen LogP contribution is -2.42. The first-order valence-electron chi connectivity index (χ1n) is 7.26. The molecule has 0 saturated heterocycles. The first kappa shape index (κ1) is 20.3. The number of amides is 1. The van der Waals surface area contributed by atoms with Crippen molar-refractivity contribution in [1.82, 2.24) is 5.32 Å². The number of hydrogen-bond donors (Lipinski definition) is 1. The van der Waals surface area contributed by atoms with Crippen molar-refractivity contribution >= 4 is 15.7 Å². The van der Waals surface area contributed by atoms with Crippen molar-refractivity contribution in [2.24, 2.45) is 0 Å². The van der Waals surface area contributed by atoms with Crippen LogP contribution in [0.5, 0.6) is 5.75 Å². The highest BCUT2D eigenvalue weighted by Gasteiger charge is 2.31. The molecule has 24 heavy (non-hydrogen) atoms. The fraction of sp³-hybridized carbons (Fsp3) is 0.533. The first-order valence-corrected chi connectivity index (χ1v) is 8.87. The molecule has 9 heteroatoms. The van der Waals surface area contributed by atoms with Gasteiger partial charge in [-0.1, -0.05) is 0 Å². The lowest BCUT2D eigenvalue weighted by atomic mass is 10.2. The molecule has 1 aromatic rings. The van der Waals surface area contributed by atoms with E-state index in [4.69, 9.17) is 4.74 Å². The summed E-state index contributed by atoms with van der Waals surface area (Å²) >= 11 is 0. The minimum atomic E-state index is -4.41. The monoisotopic (exact) mass is 367 g/mol. The molecular formula is C15H20F3NO4S. The van der Waals surface area contributed by atoms with Gasteiger partial charge in [-0.2, -0.15) is 13.2 Å². The van der Waals surface area contributed by atoms with Gasteiger partial charge in [-0.3, -0.25) is 4.79 Å². The maximum atomic E-state index is 12.4. The molecule has 1 atom stereocenters. The molecule has 0 saturated carbocycles. The SMILES string of the molecule is CC(C)S(=O)(=O)C(C)C(=O)NCCOc1ccc(C(F)(F)F)cc1. The topological polar surface area (TPSA) is 72.5 Å². The Hall–Kier alpha value is -1.77. The second-order valence-electron chi connectivity index (χ2n) is 5.44. The van der Waals surface area contributed by atoms with E-state index in [1.54, 1.807) is 0 Å². The van der Waals surface area contributed by atoms with E-state index in [2.05, 4.69) is 5.32 Å². The molecule has 0 aliphatic carbocycles. The summed E-state index contributed by atoms with van der Waals surface area (Å²) in [5.41, 5.74) is -0.782. The van der Waals surface area contributed by atoms with E-state index in [-0.39, 0.29) is 18.9 Å². The Morgan fingerprint density at radius 1 is 1.17 bits per heavy atom. The Morgan fingerprint density at radius 2 is 1.71 bits per heavy atom. The average Bonchev–Trinajstić information content (AvgIpc) is 2.49. The lowest BCUT2D eigenvalue weighted by Gasteiger charge is -2.16. The average molecular weight is 367 g/mol. The molecule has 1 unspecified atom stereocenters. The summed E-state index contributed by atoms with van der Waals surface area (Å²) in [7, 11) is -3.54. The molecule has 1 rings (SSSR count). The zero-order valence-corrected chi connectivity index (χ0v) is 14.4. The number of hydrogen-bond acceptors (Lipinski definition) is 4. The van der Waals surface area contributed by atoms with E-state index in [0.717, 1.165) is 12.1 Å². The number of carbonyl (C=O) groups is 1. The van der Waals surface area contributed by atoms with Gasteiger partial charge in [0.25, 0.3) is 0 Å². The normalized spacial score (nSPS) is 13.6. The highest BCUT2D eigenvalue weighted by molar-refractivity contribution is 7.93. The summed E-state index contributed by atoms with van der Waals surface area (Å²) in [6.45, 7) is 4.34. The van der Waals surface area contributed by atoms with Gasteiger partial charge in [0, 0.05) is 0 Å². The van der Waals surface area contributed by atoms with Gasteiger partial charge in [-0.05, 0) is 45.0 Å². The zero-order chi connectivity index (χ0) is 18.5. The Bertz CT molecular complexity index is 654. The number of alkyl halides is 3. The van der Waals surface area contributed by atoms with Gasteiger partial charge >= 0.3 is 6.18 Å². The summed E-state index contributed by atoms with van der Waals surface area (Å²) in [6.07, 6.45) is -4.41. The van der Waals surface area contributed by atoms with Gasteiger partial charge in [-0.25, -0.2) is 8.42 Å². The number of benzene rings is 1. The number of ether oxygens (including phenoxy) is 1. The minimum absolute atomic E-state index is 0.00551. The molecule has 1 amide bonds. The molecule has 0 fully saturated rings. The van der Waals surface area contributed by atoms with Crippen molar-refractivity contribution in [3.05, 3.63) is 29.8 Å². The molecule has 0 heterocycles. The molecule has 1 aromatic carbocycles. The maximum absolute atomic E-state index is 12.4. The van der Waals surface area contributed by atoms with Gasteiger partial charge in [0.05, 0.1) is 17.4 Å². The Kier molecular flexibility index (Phi) is 6.65. The Morgan fingerprint density at radius 3 is 2.17 bits per heavy atom. The van der Waals surface area contributed by atoms with Gasteiger partial charge in [-0.15, -0.1) is 0 Å². The Labute approximate surface area is 139 Å². The van der Waals surface area contributed by atoms with Crippen molar-refractivity contribution in [2.75, 3.05) is 13.2 Å². The maximum Gasteiger partial charge on any atom is 0.416 e. The molecule has 0 aliphatic rings. The number of rotatable bonds is 7. The molecule has 1 N–H and O–H groups in total. The van der Waals surface area contributed by atoms with E-state index < -0.39 is 38.0 Å². The van der Waals surface area contributed by atoms with E-state index in [0.29, 0.717) is 0 Å². The van der Waals surface area contributed by atoms with Crippen molar-refractivity contribution in [2.45, 2.75) is 37.4 Å². The number of nitrogens with one attached hydrogen (secondary N) is 1. The van der Waals surface area contributed by atoms with Crippen LogP contribution in [0.3, 0.4) is 0 Å². The third kappa shape index (κ3) is 5.40. The van der Waals surface area contributed by atoms with Crippen LogP contribution in [0.25, 0.3) is 0 Å². The van der Waals surface area contributed by atoms with Crippen LogP contribution in [0, 0.1) is 0 Å². The fourth-order valence-corrected chi connectivity index (χ4v) is 2.98. The van der Waals surface area contributed by atoms with Gasteiger partial charge in [0.15, 0.2) is 9.84 Å². The van der Waals surface area contributed by atoms with Crippen LogP contribution in [0.1, 0.15) is 26.3 Å². The third-order valence-electron chi connectivity index (χ3n) is 3.37. The van der Waals surface area contributed by atoms with Crippen molar-refractivity contribution < 1.29 is 31.1 Å². The van der Waals surface area contributed by atoms with Crippen LogP contribution >= 0.6 is 0 Å². The third-order valence-corrected chi connectivity index (χ3v) is 5.88. The van der Waals surface area contributed by atoms with E-state index in [1.165, 1.54) is 32.9 Å². The standard InChI is InChI=1S/C15H20F3NO4S/c1-10(2)24(21,22)11(3)14(20)19-8-9-23-13-6-4-12(5-7-13)15(16,17)18/h4-7,10-11H,8-9H2,1-3H3,(H,19,20).